The van der Waals surface area contributed by atoms with E-state index in [2.05, 4.69) is 19.2 Å². The first kappa shape index (κ1) is 15.0. The van der Waals surface area contributed by atoms with E-state index < -0.39 is 0 Å². The Morgan fingerprint density at radius 1 is 0.957 bits per heavy atom. The van der Waals surface area contributed by atoms with Crippen molar-refractivity contribution < 1.29 is 4.42 Å². The Bertz CT molecular complexity index is 918. The van der Waals surface area contributed by atoms with Crippen molar-refractivity contribution in [3.63, 3.8) is 0 Å². The third-order valence-electron chi connectivity index (χ3n) is 3.77. The smallest absolute Gasteiger partial charge is 0.193 e. The Morgan fingerprint density at radius 3 is 2.39 bits per heavy atom. The maximum atomic E-state index is 12.6. The maximum absolute atomic E-state index is 12.6. The standard InChI is InChI=1S/C21H18O2/c1-3-8-15-12-17(9-4-2)21-18(13-15)19(22)14-20(23-21)16-10-6-5-7-11-16/h3-7,10-14H,1-2,8-9H2. The average Bonchev–Trinajstić information content (AvgIpc) is 2.57. The molecule has 23 heavy (non-hydrogen) atoms. The minimum atomic E-state index is -0.0265. The van der Waals surface area contributed by atoms with E-state index in [9.17, 15) is 4.79 Å². The summed E-state index contributed by atoms with van der Waals surface area (Å²) in [6.45, 7) is 7.57. The maximum Gasteiger partial charge on any atom is 0.193 e. The summed E-state index contributed by atoms with van der Waals surface area (Å²) in [5.41, 5.74) is 3.55. The monoisotopic (exact) mass is 302 g/mol. The van der Waals surface area contributed by atoms with Gasteiger partial charge >= 0.3 is 0 Å². The molecule has 1 heterocycles. The zero-order valence-electron chi connectivity index (χ0n) is 12.9. The van der Waals surface area contributed by atoms with Gasteiger partial charge in [-0.25, -0.2) is 0 Å². The van der Waals surface area contributed by atoms with Crippen LogP contribution < -0.4 is 5.43 Å². The van der Waals surface area contributed by atoms with Crippen LogP contribution in [0.15, 0.2) is 83.1 Å². The van der Waals surface area contributed by atoms with Crippen molar-refractivity contribution in [1.82, 2.24) is 0 Å². The molecule has 3 aromatic rings. The lowest BCUT2D eigenvalue weighted by Crippen LogP contribution is -2.03. The highest BCUT2D eigenvalue weighted by atomic mass is 16.3. The second kappa shape index (κ2) is 6.49. The molecule has 0 aliphatic heterocycles. The van der Waals surface area contributed by atoms with Gasteiger partial charge in [0.2, 0.25) is 0 Å². The number of hydrogen-bond acceptors (Lipinski definition) is 2. The van der Waals surface area contributed by atoms with Gasteiger partial charge < -0.3 is 4.42 Å². The van der Waals surface area contributed by atoms with E-state index in [1.54, 1.807) is 6.07 Å². The van der Waals surface area contributed by atoms with Gasteiger partial charge in [0.05, 0.1) is 5.39 Å². The van der Waals surface area contributed by atoms with Gasteiger partial charge in [0, 0.05) is 11.6 Å². The van der Waals surface area contributed by atoms with Crippen LogP contribution in [0.4, 0.5) is 0 Å². The number of fused-ring (bicyclic) bond motifs is 1. The van der Waals surface area contributed by atoms with Crippen molar-refractivity contribution in [1.29, 1.82) is 0 Å². The van der Waals surface area contributed by atoms with E-state index >= 15 is 0 Å². The molecule has 0 N–H and O–H groups in total. The van der Waals surface area contributed by atoms with Crippen LogP contribution in [0.25, 0.3) is 22.3 Å². The summed E-state index contributed by atoms with van der Waals surface area (Å²) >= 11 is 0. The van der Waals surface area contributed by atoms with Crippen molar-refractivity contribution in [2.24, 2.45) is 0 Å². The molecule has 2 heteroatoms. The summed E-state index contributed by atoms with van der Waals surface area (Å²) in [7, 11) is 0. The Labute approximate surface area is 135 Å². The van der Waals surface area contributed by atoms with Gasteiger partial charge in [0.25, 0.3) is 0 Å². The van der Waals surface area contributed by atoms with Gasteiger partial charge in [-0.15, -0.1) is 13.2 Å². The second-order valence-electron chi connectivity index (χ2n) is 5.46. The normalized spacial score (nSPS) is 10.6. The predicted octanol–water partition coefficient (Wildman–Crippen LogP) is 4.92. The molecule has 2 nitrogen and oxygen atoms in total. The molecule has 1 aromatic heterocycles. The summed E-state index contributed by atoms with van der Waals surface area (Å²) in [5, 5.41) is 0.612. The Kier molecular flexibility index (Phi) is 4.24. The number of hydrogen-bond donors (Lipinski definition) is 0. The summed E-state index contributed by atoms with van der Waals surface area (Å²) in [5.74, 6) is 0.588. The fraction of sp³-hybridized carbons (Fsp3) is 0.0952. The van der Waals surface area contributed by atoms with Gasteiger partial charge in [-0.1, -0.05) is 48.6 Å². The first-order valence-corrected chi connectivity index (χ1v) is 7.60. The topological polar surface area (TPSA) is 30.2 Å². The van der Waals surface area contributed by atoms with Crippen molar-refractivity contribution in [2.45, 2.75) is 12.8 Å². The minimum Gasteiger partial charge on any atom is -0.456 e. The number of benzene rings is 2. The third kappa shape index (κ3) is 3.02. The molecule has 0 bridgehead atoms. The zero-order valence-corrected chi connectivity index (χ0v) is 12.9. The summed E-state index contributed by atoms with van der Waals surface area (Å²) in [6.07, 6.45) is 5.03. The van der Waals surface area contributed by atoms with Gasteiger partial charge in [0.15, 0.2) is 5.43 Å². The van der Waals surface area contributed by atoms with Crippen LogP contribution in [0, 0.1) is 0 Å². The van der Waals surface area contributed by atoms with Crippen molar-refractivity contribution >= 4 is 11.0 Å². The molecule has 3 rings (SSSR count). The predicted molar refractivity (Wildman–Crippen MR) is 95.7 cm³/mol. The molecule has 0 spiro atoms. The highest BCUT2D eigenvalue weighted by Gasteiger charge is 2.11. The van der Waals surface area contributed by atoms with Gasteiger partial charge in [-0.2, -0.15) is 0 Å². The zero-order chi connectivity index (χ0) is 16.2. The lowest BCUT2D eigenvalue weighted by Gasteiger charge is -2.09. The first-order chi connectivity index (χ1) is 11.2. The van der Waals surface area contributed by atoms with E-state index in [0.717, 1.165) is 23.1 Å². The molecule has 0 aliphatic rings. The largest absolute Gasteiger partial charge is 0.456 e. The lowest BCUT2D eigenvalue weighted by atomic mass is 10.0. The Balaban J connectivity index is 2.28. The molecule has 2 aromatic carbocycles. The van der Waals surface area contributed by atoms with Crippen molar-refractivity contribution in [3.05, 3.63) is 95.2 Å². The van der Waals surface area contributed by atoms with Crippen LogP contribution in [0.3, 0.4) is 0 Å². The van der Waals surface area contributed by atoms with Crippen molar-refractivity contribution in [2.75, 3.05) is 0 Å². The van der Waals surface area contributed by atoms with Crippen LogP contribution in [0.2, 0.25) is 0 Å². The van der Waals surface area contributed by atoms with Gasteiger partial charge in [-0.05, 0) is 30.0 Å². The molecular weight excluding hydrogens is 284 g/mol. The van der Waals surface area contributed by atoms with Crippen LogP contribution in [-0.4, -0.2) is 0 Å². The molecule has 114 valence electrons. The molecule has 0 saturated carbocycles. The van der Waals surface area contributed by atoms with Gasteiger partial charge in [-0.3, -0.25) is 4.79 Å². The molecule has 0 unspecified atom stereocenters. The molecule has 0 radical (unpaired) electrons. The number of rotatable bonds is 5. The van der Waals surface area contributed by atoms with E-state index in [4.69, 9.17) is 4.42 Å². The van der Waals surface area contributed by atoms with E-state index in [1.807, 2.05) is 48.6 Å². The Hall–Kier alpha value is -2.87. The molecule has 0 atom stereocenters. The summed E-state index contributed by atoms with van der Waals surface area (Å²) < 4.78 is 6.07. The molecule has 0 fully saturated rings. The SMILES string of the molecule is C=CCc1cc(CC=C)c2oc(-c3ccccc3)cc(=O)c2c1. The minimum absolute atomic E-state index is 0.0265. The highest BCUT2D eigenvalue weighted by Crippen LogP contribution is 2.26. The highest BCUT2D eigenvalue weighted by molar-refractivity contribution is 5.82. The van der Waals surface area contributed by atoms with Crippen LogP contribution in [0.1, 0.15) is 11.1 Å². The van der Waals surface area contributed by atoms with Crippen LogP contribution in [0.5, 0.6) is 0 Å². The van der Waals surface area contributed by atoms with Crippen LogP contribution >= 0.6 is 0 Å². The average molecular weight is 302 g/mol. The van der Waals surface area contributed by atoms with E-state index in [-0.39, 0.29) is 5.43 Å². The van der Waals surface area contributed by atoms with Crippen LogP contribution in [-0.2, 0) is 12.8 Å². The Morgan fingerprint density at radius 2 is 1.70 bits per heavy atom. The molecular formula is C21H18O2. The second-order valence-corrected chi connectivity index (χ2v) is 5.46. The third-order valence-corrected chi connectivity index (χ3v) is 3.77. The molecule has 0 amide bonds. The quantitative estimate of drug-likeness (QED) is 0.626. The van der Waals surface area contributed by atoms with Crippen molar-refractivity contribution in [3.8, 4) is 11.3 Å². The van der Waals surface area contributed by atoms with E-state index in [1.165, 1.54) is 0 Å². The number of allylic oxidation sites excluding steroid dienone is 2. The van der Waals surface area contributed by atoms with E-state index in [0.29, 0.717) is 23.2 Å². The molecule has 0 saturated heterocycles. The molecule has 0 aliphatic carbocycles. The summed E-state index contributed by atoms with van der Waals surface area (Å²) in [6, 6.07) is 15.2. The fourth-order valence-corrected chi connectivity index (χ4v) is 2.73. The first-order valence-electron chi connectivity index (χ1n) is 7.60. The lowest BCUT2D eigenvalue weighted by molar-refractivity contribution is 0.615. The van der Waals surface area contributed by atoms with Gasteiger partial charge in [0.1, 0.15) is 11.3 Å². The summed E-state index contributed by atoms with van der Waals surface area (Å²) in [4.78, 5) is 12.6. The fourth-order valence-electron chi connectivity index (χ4n) is 2.73.